The van der Waals surface area contributed by atoms with Crippen LogP contribution in [0.3, 0.4) is 0 Å². The summed E-state index contributed by atoms with van der Waals surface area (Å²) in [5, 5.41) is 10.5. The number of aromatic nitrogens is 1. The second kappa shape index (κ2) is 6.34. The van der Waals surface area contributed by atoms with Crippen LogP contribution >= 0.6 is 0 Å². The van der Waals surface area contributed by atoms with Gasteiger partial charge in [0.15, 0.2) is 0 Å². The van der Waals surface area contributed by atoms with E-state index in [2.05, 4.69) is 11.9 Å². The lowest BCUT2D eigenvalue weighted by atomic mass is 10.0. The van der Waals surface area contributed by atoms with Crippen molar-refractivity contribution in [3.8, 4) is 5.75 Å². The standard InChI is InChI=1S/C16H19NO2/c1-3-12-8-6-10-17-15(12)16(18)13-7-5-9-14(11-13)19-4-2/h5-11,16,18H,3-4H2,1-2H3. The topological polar surface area (TPSA) is 42.4 Å². The first-order valence-corrected chi connectivity index (χ1v) is 6.60. The fraction of sp³-hybridized carbons (Fsp3) is 0.312. The summed E-state index contributed by atoms with van der Waals surface area (Å²) in [5.41, 5.74) is 2.59. The van der Waals surface area contributed by atoms with E-state index in [1.54, 1.807) is 6.20 Å². The molecule has 0 saturated carbocycles. The molecule has 1 aromatic heterocycles. The Bertz CT molecular complexity index is 540. The minimum absolute atomic E-state index is 0.614. The highest BCUT2D eigenvalue weighted by atomic mass is 16.5. The van der Waals surface area contributed by atoms with Crippen molar-refractivity contribution in [2.24, 2.45) is 0 Å². The lowest BCUT2D eigenvalue weighted by Gasteiger charge is -2.15. The Kier molecular flexibility index (Phi) is 4.53. The molecule has 1 atom stereocenters. The van der Waals surface area contributed by atoms with Crippen LogP contribution in [0.15, 0.2) is 42.6 Å². The average molecular weight is 257 g/mol. The molecular weight excluding hydrogens is 238 g/mol. The van der Waals surface area contributed by atoms with E-state index >= 15 is 0 Å². The van der Waals surface area contributed by atoms with E-state index in [-0.39, 0.29) is 0 Å². The third-order valence-electron chi connectivity index (χ3n) is 3.05. The van der Waals surface area contributed by atoms with Crippen molar-refractivity contribution >= 4 is 0 Å². The Balaban J connectivity index is 2.32. The van der Waals surface area contributed by atoms with Crippen LogP contribution in [-0.2, 0) is 6.42 Å². The fourth-order valence-corrected chi connectivity index (χ4v) is 2.09. The molecular formula is C16H19NO2. The molecule has 1 aromatic carbocycles. The van der Waals surface area contributed by atoms with Gasteiger partial charge >= 0.3 is 0 Å². The number of hydrogen-bond acceptors (Lipinski definition) is 3. The normalized spacial score (nSPS) is 12.2. The molecule has 1 unspecified atom stereocenters. The van der Waals surface area contributed by atoms with E-state index in [9.17, 15) is 5.11 Å². The van der Waals surface area contributed by atoms with Gasteiger partial charge in [-0.2, -0.15) is 0 Å². The quantitative estimate of drug-likeness (QED) is 0.894. The maximum absolute atomic E-state index is 10.5. The largest absolute Gasteiger partial charge is 0.494 e. The van der Waals surface area contributed by atoms with Gasteiger partial charge in [-0.25, -0.2) is 0 Å². The summed E-state index contributed by atoms with van der Waals surface area (Å²) in [4.78, 5) is 4.31. The third kappa shape index (κ3) is 3.12. The molecule has 2 aromatic rings. The number of rotatable bonds is 5. The zero-order valence-electron chi connectivity index (χ0n) is 11.3. The first-order chi connectivity index (χ1) is 9.26. The fourth-order valence-electron chi connectivity index (χ4n) is 2.09. The summed E-state index contributed by atoms with van der Waals surface area (Å²) in [6.07, 6.45) is 1.85. The predicted octanol–water partition coefficient (Wildman–Crippen LogP) is 3.12. The minimum Gasteiger partial charge on any atom is -0.494 e. The van der Waals surface area contributed by atoms with Crippen LogP contribution < -0.4 is 4.74 Å². The number of aryl methyl sites for hydroxylation is 1. The highest BCUT2D eigenvalue weighted by Crippen LogP contribution is 2.26. The molecule has 0 aliphatic carbocycles. The number of hydrogen-bond donors (Lipinski definition) is 1. The van der Waals surface area contributed by atoms with E-state index in [1.165, 1.54) is 0 Å². The van der Waals surface area contributed by atoms with E-state index in [4.69, 9.17) is 4.74 Å². The Morgan fingerprint density at radius 3 is 2.79 bits per heavy atom. The Morgan fingerprint density at radius 1 is 1.21 bits per heavy atom. The van der Waals surface area contributed by atoms with Crippen LogP contribution in [0.4, 0.5) is 0 Å². The number of aliphatic hydroxyl groups excluding tert-OH is 1. The van der Waals surface area contributed by atoms with Gasteiger partial charge in [0.05, 0.1) is 12.3 Å². The summed E-state index contributed by atoms with van der Waals surface area (Å²) in [6.45, 7) is 4.62. The van der Waals surface area contributed by atoms with Crippen LogP contribution in [0.25, 0.3) is 0 Å². The summed E-state index contributed by atoms with van der Waals surface area (Å²) in [6, 6.07) is 11.4. The molecule has 0 fully saturated rings. The molecule has 0 bridgehead atoms. The summed E-state index contributed by atoms with van der Waals surface area (Å²) >= 11 is 0. The molecule has 0 aliphatic rings. The number of nitrogens with zero attached hydrogens (tertiary/aromatic N) is 1. The summed E-state index contributed by atoms with van der Waals surface area (Å²) < 4.78 is 5.46. The second-order valence-corrected chi connectivity index (χ2v) is 4.31. The maximum atomic E-state index is 10.5. The monoisotopic (exact) mass is 257 g/mol. The predicted molar refractivity (Wildman–Crippen MR) is 75.3 cm³/mol. The van der Waals surface area contributed by atoms with E-state index in [1.807, 2.05) is 43.3 Å². The van der Waals surface area contributed by atoms with Crippen LogP contribution in [0.1, 0.15) is 36.8 Å². The van der Waals surface area contributed by atoms with Gasteiger partial charge < -0.3 is 9.84 Å². The molecule has 1 N–H and O–H groups in total. The van der Waals surface area contributed by atoms with Crippen LogP contribution in [-0.4, -0.2) is 16.7 Å². The molecule has 100 valence electrons. The third-order valence-corrected chi connectivity index (χ3v) is 3.05. The van der Waals surface area contributed by atoms with Gasteiger partial charge in [-0.05, 0) is 42.7 Å². The van der Waals surface area contributed by atoms with Gasteiger partial charge in [-0.3, -0.25) is 4.98 Å². The molecule has 3 heteroatoms. The minimum atomic E-state index is -0.712. The molecule has 0 spiro atoms. The smallest absolute Gasteiger partial charge is 0.121 e. The van der Waals surface area contributed by atoms with Crippen molar-refractivity contribution in [2.75, 3.05) is 6.61 Å². The van der Waals surface area contributed by atoms with Crippen molar-refractivity contribution in [3.05, 3.63) is 59.4 Å². The summed E-state index contributed by atoms with van der Waals surface area (Å²) in [7, 11) is 0. The number of ether oxygens (including phenoxy) is 1. The first kappa shape index (κ1) is 13.6. The van der Waals surface area contributed by atoms with Gasteiger partial charge in [-0.1, -0.05) is 25.1 Å². The van der Waals surface area contributed by atoms with E-state index < -0.39 is 6.10 Å². The van der Waals surface area contributed by atoms with Gasteiger partial charge in [0, 0.05) is 6.20 Å². The summed E-state index contributed by atoms with van der Waals surface area (Å²) in [5.74, 6) is 0.771. The molecule has 19 heavy (non-hydrogen) atoms. The van der Waals surface area contributed by atoms with Crippen molar-refractivity contribution < 1.29 is 9.84 Å². The highest BCUT2D eigenvalue weighted by Gasteiger charge is 2.15. The SMILES string of the molecule is CCOc1cccc(C(O)c2ncccc2CC)c1. The van der Waals surface area contributed by atoms with Crippen molar-refractivity contribution in [1.82, 2.24) is 4.98 Å². The molecule has 0 amide bonds. The first-order valence-electron chi connectivity index (χ1n) is 6.60. The molecule has 3 nitrogen and oxygen atoms in total. The zero-order chi connectivity index (χ0) is 13.7. The zero-order valence-corrected chi connectivity index (χ0v) is 11.3. The van der Waals surface area contributed by atoms with E-state index in [0.29, 0.717) is 6.61 Å². The molecule has 2 rings (SSSR count). The van der Waals surface area contributed by atoms with Crippen LogP contribution in [0.2, 0.25) is 0 Å². The molecule has 0 radical (unpaired) electrons. The van der Waals surface area contributed by atoms with Gasteiger partial charge in [0.2, 0.25) is 0 Å². The molecule has 1 heterocycles. The Morgan fingerprint density at radius 2 is 2.05 bits per heavy atom. The number of benzene rings is 1. The van der Waals surface area contributed by atoms with Crippen molar-refractivity contribution in [2.45, 2.75) is 26.4 Å². The van der Waals surface area contributed by atoms with Gasteiger partial charge in [0.25, 0.3) is 0 Å². The Labute approximate surface area is 113 Å². The van der Waals surface area contributed by atoms with Gasteiger partial charge in [0.1, 0.15) is 11.9 Å². The van der Waals surface area contributed by atoms with Crippen molar-refractivity contribution in [3.63, 3.8) is 0 Å². The Hall–Kier alpha value is -1.87. The average Bonchev–Trinajstić information content (AvgIpc) is 2.47. The van der Waals surface area contributed by atoms with E-state index in [0.717, 1.165) is 29.0 Å². The van der Waals surface area contributed by atoms with Crippen LogP contribution in [0.5, 0.6) is 5.75 Å². The number of aliphatic hydroxyl groups is 1. The number of pyridine rings is 1. The van der Waals surface area contributed by atoms with Crippen molar-refractivity contribution in [1.29, 1.82) is 0 Å². The second-order valence-electron chi connectivity index (χ2n) is 4.31. The highest BCUT2D eigenvalue weighted by molar-refractivity contribution is 5.35. The lowest BCUT2D eigenvalue weighted by molar-refractivity contribution is 0.213. The lowest BCUT2D eigenvalue weighted by Crippen LogP contribution is -2.06. The van der Waals surface area contributed by atoms with Gasteiger partial charge in [-0.15, -0.1) is 0 Å². The van der Waals surface area contributed by atoms with Crippen LogP contribution in [0, 0.1) is 0 Å². The molecule has 0 aliphatic heterocycles. The maximum Gasteiger partial charge on any atom is 0.121 e. The molecule has 0 saturated heterocycles.